The Balaban J connectivity index is 1.94. The lowest BCUT2D eigenvalue weighted by molar-refractivity contribution is -0.131. The van der Waals surface area contributed by atoms with Crippen LogP contribution in [0.5, 0.6) is 5.75 Å². The first-order valence-electron chi connectivity index (χ1n) is 5.63. The molecule has 96 valence electrons. The third-order valence-electron chi connectivity index (χ3n) is 2.31. The van der Waals surface area contributed by atoms with Gasteiger partial charge in [0, 0.05) is 18.5 Å². The molecule has 19 heavy (non-hydrogen) atoms. The first-order chi connectivity index (χ1) is 9.24. The predicted octanol–water partition coefficient (Wildman–Crippen LogP) is 2.15. The van der Waals surface area contributed by atoms with Crippen molar-refractivity contribution in [2.75, 3.05) is 0 Å². The van der Waals surface area contributed by atoms with Crippen LogP contribution >= 0.6 is 0 Å². The van der Waals surface area contributed by atoms with Gasteiger partial charge in [-0.25, -0.2) is 4.79 Å². The van der Waals surface area contributed by atoms with E-state index < -0.39 is 5.97 Å². The van der Waals surface area contributed by atoms with Gasteiger partial charge in [0.05, 0.1) is 11.9 Å². The van der Waals surface area contributed by atoms with Crippen molar-refractivity contribution in [1.29, 1.82) is 0 Å². The SMILES string of the molecule is O=C(O)C=Cc1ccc(OCc2ccncc2)cn1. The van der Waals surface area contributed by atoms with Crippen LogP contribution < -0.4 is 4.74 Å². The van der Waals surface area contributed by atoms with E-state index in [9.17, 15) is 4.79 Å². The molecule has 2 aromatic rings. The van der Waals surface area contributed by atoms with Crippen LogP contribution in [0.25, 0.3) is 6.08 Å². The van der Waals surface area contributed by atoms with E-state index in [0.29, 0.717) is 18.1 Å². The third kappa shape index (κ3) is 4.23. The van der Waals surface area contributed by atoms with Crippen LogP contribution in [-0.2, 0) is 11.4 Å². The second-order valence-electron chi connectivity index (χ2n) is 3.73. The minimum Gasteiger partial charge on any atom is -0.487 e. The molecule has 2 heterocycles. The molecule has 0 unspecified atom stereocenters. The molecule has 0 aliphatic heterocycles. The molecule has 0 amide bonds. The number of carboxylic acids is 1. The van der Waals surface area contributed by atoms with Crippen molar-refractivity contribution in [1.82, 2.24) is 9.97 Å². The molecule has 0 bridgehead atoms. The molecule has 0 aliphatic carbocycles. The zero-order valence-corrected chi connectivity index (χ0v) is 10.1. The predicted molar refractivity (Wildman–Crippen MR) is 69.5 cm³/mol. The maximum absolute atomic E-state index is 10.4. The molecular weight excluding hydrogens is 244 g/mol. The molecule has 0 saturated heterocycles. The lowest BCUT2D eigenvalue weighted by Gasteiger charge is -2.05. The zero-order valence-electron chi connectivity index (χ0n) is 10.1. The standard InChI is InChI=1S/C14H12N2O3/c17-14(18)4-2-12-1-3-13(9-16-12)19-10-11-5-7-15-8-6-11/h1-9H,10H2,(H,17,18). The number of carboxylic acid groups (broad SMARTS) is 1. The number of carbonyl (C=O) groups is 1. The summed E-state index contributed by atoms with van der Waals surface area (Å²) in [5.41, 5.74) is 1.59. The smallest absolute Gasteiger partial charge is 0.328 e. The summed E-state index contributed by atoms with van der Waals surface area (Å²) in [6, 6.07) is 7.19. The summed E-state index contributed by atoms with van der Waals surface area (Å²) in [5, 5.41) is 8.50. The molecule has 0 aromatic carbocycles. The molecule has 0 aliphatic rings. The Morgan fingerprint density at radius 2 is 2.05 bits per heavy atom. The molecule has 5 nitrogen and oxygen atoms in total. The molecular formula is C14H12N2O3. The molecule has 5 heteroatoms. The van der Waals surface area contributed by atoms with Crippen LogP contribution in [0.15, 0.2) is 48.9 Å². The summed E-state index contributed by atoms with van der Waals surface area (Å²) < 4.78 is 5.54. The van der Waals surface area contributed by atoms with E-state index in [4.69, 9.17) is 9.84 Å². The molecule has 0 fully saturated rings. The number of aromatic nitrogens is 2. The normalized spacial score (nSPS) is 10.5. The van der Waals surface area contributed by atoms with Crippen LogP contribution in [0.1, 0.15) is 11.3 Å². The number of nitrogens with zero attached hydrogens (tertiary/aromatic N) is 2. The number of hydrogen-bond acceptors (Lipinski definition) is 4. The Bertz CT molecular complexity index is 565. The van der Waals surface area contributed by atoms with Gasteiger partial charge in [-0.15, -0.1) is 0 Å². The number of pyridine rings is 2. The Labute approximate surface area is 110 Å². The van der Waals surface area contributed by atoms with Crippen LogP contribution in [0, 0.1) is 0 Å². The van der Waals surface area contributed by atoms with Crippen LogP contribution in [0.4, 0.5) is 0 Å². The summed E-state index contributed by atoms with van der Waals surface area (Å²) in [6.45, 7) is 0.439. The Kier molecular flexibility index (Phi) is 4.23. The molecule has 0 radical (unpaired) electrons. The summed E-state index contributed by atoms with van der Waals surface area (Å²) in [4.78, 5) is 18.4. The van der Waals surface area contributed by atoms with Gasteiger partial charge in [-0.3, -0.25) is 9.97 Å². The highest BCUT2D eigenvalue weighted by Crippen LogP contribution is 2.12. The van der Waals surface area contributed by atoms with Gasteiger partial charge in [0.15, 0.2) is 0 Å². The van der Waals surface area contributed by atoms with Crippen molar-refractivity contribution in [3.8, 4) is 5.75 Å². The van der Waals surface area contributed by atoms with E-state index in [1.165, 1.54) is 6.08 Å². The molecule has 1 N–H and O–H groups in total. The largest absolute Gasteiger partial charge is 0.487 e. The highest BCUT2D eigenvalue weighted by Gasteiger charge is 1.97. The Morgan fingerprint density at radius 3 is 2.68 bits per heavy atom. The second-order valence-corrected chi connectivity index (χ2v) is 3.73. The lowest BCUT2D eigenvalue weighted by atomic mass is 10.3. The van der Waals surface area contributed by atoms with Crippen molar-refractivity contribution in [3.05, 3.63) is 60.2 Å². The minimum absolute atomic E-state index is 0.439. The summed E-state index contributed by atoms with van der Waals surface area (Å²) >= 11 is 0. The fourth-order valence-corrected chi connectivity index (χ4v) is 1.38. The van der Waals surface area contributed by atoms with E-state index in [-0.39, 0.29) is 0 Å². The third-order valence-corrected chi connectivity index (χ3v) is 2.31. The van der Waals surface area contributed by atoms with Crippen LogP contribution in [0.3, 0.4) is 0 Å². The molecule has 0 saturated carbocycles. The van der Waals surface area contributed by atoms with Gasteiger partial charge in [-0.05, 0) is 35.9 Å². The van der Waals surface area contributed by atoms with Gasteiger partial charge in [0.1, 0.15) is 12.4 Å². The van der Waals surface area contributed by atoms with Gasteiger partial charge < -0.3 is 9.84 Å². The van der Waals surface area contributed by atoms with Crippen molar-refractivity contribution in [2.24, 2.45) is 0 Å². The minimum atomic E-state index is -1.00. The zero-order chi connectivity index (χ0) is 13.5. The monoisotopic (exact) mass is 256 g/mol. The highest BCUT2D eigenvalue weighted by atomic mass is 16.5. The van der Waals surface area contributed by atoms with Gasteiger partial charge in [-0.1, -0.05) is 0 Å². The maximum Gasteiger partial charge on any atom is 0.328 e. The fraction of sp³-hybridized carbons (Fsp3) is 0.0714. The lowest BCUT2D eigenvalue weighted by Crippen LogP contribution is -1.96. The molecule has 2 rings (SSSR count). The number of hydrogen-bond donors (Lipinski definition) is 1. The van der Waals surface area contributed by atoms with Gasteiger partial charge >= 0.3 is 5.97 Å². The topological polar surface area (TPSA) is 72.3 Å². The van der Waals surface area contributed by atoms with Gasteiger partial charge in [0.2, 0.25) is 0 Å². The van der Waals surface area contributed by atoms with Crippen molar-refractivity contribution in [2.45, 2.75) is 6.61 Å². The fourth-order valence-electron chi connectivity index (χ4n) is 1.38. The average molecular weight is 256 g/mol. The van der Waals surface area contributed by atoms with Gasteiger partial charge in [0.25, 0.3) is 0 Å². The average Bonchev–Trinajstić information content (AvgIpc) is 2.45. The van der Waals surface area contributed by atoms with E-state index >= 15 is 0 Å². The van der Waals surface area contributed by atoms with E-state index in [2.05, 4.69) is 9.97 Å². The highest BCUT2D eigenvalue weighted by molar-refractivity contribution is 5.84. The Hall–Kier alpha value is -2.69. The molecule has 2 aromatic heterocycles. The van der Waals surface area contributed by atoms with E-state index in [0.717, 1.165) is 11.6 Å². The van der Waals surface area contributed by atoms with Crippen LogP contribution in [-0.4, -0.2) is 21.0 Å². The van der Waals surface area contributed by atoms with Crippen molar-refractivity contribution in [3.63, 3.8) is 0 Å². The first-order valence-corrected chi connectivity index (χ1v) is 5.63. The number of aliphatic carboxylic acids is 1. The molecule has 0 atom stereocenters. The molecule has 0 spiro atoms. The van der Waals surface area contributed by atoms with Crippen molar-refractivity contribution < 1.29 is 14.6 Å². The number of ether oxygens (including phenoxy) is 1. The van der Waals surface area contributed by atoms with Gasteiger partial charge in [-0.2, -0.15) is 0 Å². The second kappa shape index (κ2) is 6.30. The first kappa shape index (κ1) is 12.8. The van der Waals surface area contributed by atoms with Crippen LogP contribution in [0.2, 0.25) is 0 Å². The summed E-state index contributed by atoms with van der Waals surface area (Å²) in [5.74, 6) is -0.371. The number of rotatable bonds is 5. The quantitative estimate of drug-likeness (QED) is 0.830. The van der Waals surface area contributed by atoms with E-state index in [1.807, 2.05) is 12.1 Å². The summed E-state index contributed by atoms with van der Waals surface area (Å²) in [7, 11) is 0. The summed E-state index contributed by atoms with van der Waals surface area (Å²) in [6.07, 6.45) is 7.44. The van der Waals surface area contributed by atoms with E-state index in [1.54, 1.807) is 30.7 Å². The maximum atomic E-state index is 10.4. The Morgan fingerprint density at radius 1 is 1.26 bits per heavy atom. The van der Waals surface area contributed by atoms with Crippen molar-refractivity contribution >= 4 is 12.0 Å².